The molecule has 0 radical (unpaired) electrons. The molecule has 2 aromatic rings. The number of nitrogens with one attached hydrogen (secondary N) is 1. The molecule has 1 aromatic heterocycles. The van der Waals surface area contributed by atoms with Gasteiger partial charge in [-0.05, 0) is 38.4 Å². The summed E-state index contributed by atoms with van der Waals surface area (Å²) in [5.74, 6) is 2.07. The van der Waals surface area contributed by atoms with E-state index < -0.39 is 0 Å². The van der Waals surface area contributed by atoms with Gasteiger partial charge in [0.2, 0.25) is 0 Å². The summed E-state index contributed by atoms with van der Waals surface area (Å²) in [6, 6.07) is 6.23. The van der Waals surface area contributed by atoms with E-state index in [9.17, 15) is 0 Å². The van der Waals surface area contributed by atoms with Gasteiger partial charge in [-0.15, -0.1) is 0 Å². The van der Waals surface area contributed by atoms with Gasteiger partial charge in [0.25, 0.3) is 0 Å². The van der Waals surface area contributed by atoms with Crippen LogP contribution in [0, 0.1) is 0 Å². The van der Waals surface area contributed by atoms with Gasteiger partial charge < -0.3 is 14.6 Å². The summed E-state index contributed by atoms with van der Waals surface area (Å²) in [7, 11) is 0. The number of rotatable bonds is 9. The summed E-state index contributed by atoms with van der Waals surface area (Å²) < 4.78 is 8.00. The Balaban J connectivity index is 2.16. The number of nitrogens with zero attached hydrogens (tertiary/aromatic N) is 2. The third kappa shape index (κ3) is 3.97. The predicted molar refractivity (Wildman–Crippen MR) is 88.1 cm³/mol. The lowest BCUT2D eigenvalue weighted by Gasteiger charge is -2.07. The molecule has 0 unspecified atom stereocenters. The number of benzene rings is 1. The Kier molecular flexibility index (Phi) is 6.05. The summed E-state index contributed by atoms with van der Waals surface area (Å²) in [6.45, 7) is 10.2. The van der Waals surface area contributed by atoms with Gasteiger partial charge in [0.15, 0.2) is 0 Å². The molecule has 2 rings (SSSR count). The first-order chi connectivity index (χ1) is 10.3. The zero-order valence-electron chi connectivity index (χ0n) is 13.5. The van der Waals surface area contributed by atoms with E-state index in [4.69, 9.17) is 9.72 Å². The lowest BCUT2D eigenvalue weighted by Crippen LogP contribution is -2.19. The highest BCUT2D eigenvalue weighted by atomic mass is 16.5. The lowest BCUT2D eigenvalue weighted by atomic mass is 10.3. The molecule has 0 atom stereocenters. The average Bonchev–Trinajstić information content (AvgIpc) is 2.86. The van der Waals surface area contributed by atoms with Crippen LogP contribution in [0.3, 0.4) is 0 Å². The van der Waals surface area contributed by atoms with Gasteiger partial charge in [0, 0.05) is 25.6 Å². The van der Waals surface area contributed by atoms with Crippen molar-refractivity contribution in [1.29, 1.82) is 0 Å². The number of hydrogen-bond donors (Lipinski definition) is 1. The molecule has 0 spiro atoms. The number of imidazole rings is 1. The van der Waals surface area contributed by atoms with Crippen molar-refractivity contribution in [1.82, 2.24) is 14.9 Å². The fourth-order valence-corrected chi connectivity index (χ4v) is 2.51. The van der Waals surface area contributed by atoms with Crippen molar-refractivity contribution in [2.24, 2.45) is 0 Å². The van der Waals surface area contributed by atoms with Crippen LogP contribution in [0.1, 0.15) is 39.4 Å². The second-order valence-corrected chi connectivity index (χ2v) is 5.27. The van der Waals surface area contributed by atoms with Crippen molar-refractivity contribution < 1.29 is 4.74 Å². The number of ether oxygens (including phenoxy) is 1. The molecule has 116 valence electrons. The van der Waals surface area contributed by atoms with Gasteiger partial charge in [-0.1, -0.05) is 13.8 Å². The molecule has 4 nitrogen and oxygen atoms in total. The normalized spacial score (nSPS) is 11.2. The summed E-state index contributed by atoms with van der Waals surface area (Å²) in [6.07, 6.45) is 3.16. The average molecular weight is 289 g/mol. The first-order valence-corrected chi connectivity index (χ1v) is 8.12. The molecule has 4 heteroatoms. The van der Waals surface area contributed by atoms with E-state index in [0.29, 0.717) is 0 Å². The molecule has 1 N–H and O–H groups in total. The van der Waals surface area contributed by atoms with Crippen molar-refractivity contribution in [3.8, 4) is 5.75 Å². The Labute approximate surface area is 127 Å². The van der Waals surface area contributed by atoms with Crippen molar-refractivity contribution in [2.45, 2.75) is 46.6 Å². The second-order valence-electron chi connectivity index (χ2n) is 5.27. The molecule has 0 aliphatic rings. The van der Waals surface area contributed by atoms with E-state index in [1.807, 2.05) is 6.07 Å². The van der Waals surface area contributed by atoms with E-state index in [2.05, 4.69) is 42.8 Å². The van der Waals surface area contributed by atoms with Gasteiger partial charge in [0.1, 0.15) is 11.6 Å². The maximum Gasteiger partial charge on any atom is 0.121 e. The van der Waals surface area contributed by atoms with E-state index in [1.54, 1.807) is 0 Å². The summed E-state index contributed by atoms with van der Waals surface area (Å²) in [5.41, 5.74) is 2.24. The number of hydrogen-bond acceptors (Lipinski definition) is 3. The van der Waals surface area contributed by atoms with E-state index in [0.717, 1.165) is 56.2 Å². The molecule has 1 aromatic carbocycles. The van der Waals surface area contributed by atoms with Crippen molar-refractivity contribution in [2.75, 3.05) is 19.7 Å². The molecular formula is C17H27N3O. The molecule has 0 amide bonds. The maximum absolute atomic E-state index is 5.70. The van der Waals surface area contributed by atoms with Crippen molar-refractivity contribution in [3.05, 3.63) is 24.0 Å². The van der Waals surface area contributed by atoms with Crippen LogP contribution in [0.5, 0.6) is 5.75 Å². The quantitative estimate of drug-likeness (QED) is 0.719. The Morgan fingerprint density at radius 3 is 2.71 bits per heavy atom. The zero-order chi connectivity index (χ0) is 15.1. The SMILES string of the molecule is CCCNCCc1nc2cc(OCCC)ccc2n1CC. The van der Waals surface area contributed by atoms with E-state index in [1.165, 1.54) is 11.9 Å². The highest BCUT2D eigenvalue weighted by Crippen LogP contribution is 2.22. The fourth-order valence-electron chi connectivity index (χ4n) is 2.51. The molecule has 0 aliphatic heterocycles. The van der Waals surface area contributed by atoms with Crippen molar-refractivity contribution in [3.63, 3.8) is 0 Å². The monoisotopic (exact) mass is 289 g/mol. The minimum atomic E-state index is 0.758. The van der Waals surface area contributed by atoms with Crippen LogP contribution in [-0.4, -0.2) is 29.2 Å². The van der Waals surface area contributed by atoms with Crippen LogP contribution >= 0.6 is 0 Å². The molecule has 21 heavy (non-hydrogen) atoms. The molecule has 0 aliphatic carbocycles. The van der Waals surface area contributed by atoms with Crippen molar-refractivity contribution >= 4 is 11.0 Å². The third-order valence-electron chi connectivity index (χ3n) is 3.54. The van der Waals surface area contributed by atoms with Gasteiger partial charge in [0.05, 0.1) is 17.6 Å². The maximum atomic E-state index is 5.70. The predicted octanol–water partition coefficient (Wildman–Crippen LogP) is 3.39. The van der Waals surface area contributed by atoms with Gasteiger partial charge >= 0.3 is 0 Å². The molecule has 1 heterocycles. The largest absolute Gasteiger partial charge is 0.494 e. The third-order valence-corrected chi connectivity index (χ3v) is 3.54. The Hall–Kier alpha value is -1.55. The Morgan fingerprint density at radius 2 is 2.00 bits per heavy atom. The smallest absolute Gasteiger partial charge is 0.121 e. The van der Waals surface area contributed by atoms with E-state index in [-0.39, 0.29) is 0 Å². The highest BCUT2D eigenvalue weighted by Gasteiger charge is 2.10. The molecule has 0 fully saturated rings. The van der Waals surface area contributed by atoms with Crippen LogP contribution in [0.2, 0.25) is 0 Å². The summed E-state index contributed by atoms with van der Waals surface area (Å²) >= 11 is 0. The summed E-state index contributed by atoms with van der Waals surface area (Å²) in [4.78, 5) is 4.79. The second kappa shape index (κ2) is 8.03. The minimum Gasteiger partial charge on any atom is -0.494 e. The standard InChI is InChI=1S/C17H27N3O/c1-4-10-18-11-9-17-19-15-13-14(21-12-5-2)7-8-16(15)20(17)6-3/h7-8,13,18H,4-6,9-12H2,1-3H3. The fraction of sp³-hybridized carbons (Fsp3) is 0.588. The van der Waals surface area contributed by atoms with Gasteiger partial charge in [-0.2, -0.15) is 0 Å². The first-order valence-electron chi connectivity index (χ1n) is 8.12. The van der Waals surface area contributed by atoms with Gasteiger partial charge in [-0.3, -0.25) is 0 Å². The number of aromatic nitrogens is 2. The van der Waals surface area contributed by atoms with Gasteiger partial charge in [-0.25, -0.2) is 4.98 Å². The number of fused-ring (bicyclic) bond motifs is 1. The Bertz CT molecular complexity index is 562. The highest BCUT2D eigenvalue weighted by molar-refractivity contribution is 5.77. The molecule has 0 saturated heterocycles. The lowest BCUT2D eigenvalue weighted by molar-refractivity contribution is 0.318. The minimum absolute atomic E-state index is 0.758. The van der Waals surface area contributed by atoms with Crippen LogP contribution in [0.15, 0.2) is 18.2 Å². The molecular weight excluding hydrogens is 262 g/mol. The van der Waals surface area contributed by atoms with Crippen LogP contribution in [0.25, 0.3) is 11.0 Å². The Morgan fingerprint density at radius 1 is 1.14 bits per heavy atom. The van der Waals surface area contributed by atoms with Crippen LogP contribution in [-0.2, 0) is 13.0 Å². The molecule has 0 saturated carbocycles. The zero-order valence-corrected chi connectivity index (χ0v) is 13.5. The van der Waals surface area contributed by atoms with Crippen LogP contribution in [0.4, 0.5) is 0 Å². The van der Waals surface area contributed by atoms with E-state index >= 15 is 0 Å². The van der Waals surface area contributed by atoms with Crippen LogP contribution < -0.4 is 10.1 Å². The topological polar surface area (TPSA) is 39.1 Å². The number of aryl methyl sites for hydroxylation is 1. The first kappa shape index (κ1) is 15.8. The molecule has 0 bridgehead atoms. The summed E-state index contributed by atoms with van der Waals surface area (Å²) in [5, 5.41) is 3.44.